The Kier molecular flexibility index (Phi) is 20.2. The van der Waals surface area contributed by atoms with Gasteiger partial charge in [-0.15, -0.1) is 0 Å². The van der Waals surface area contributed by atoms with Crippen LogP contribution in [0.15, 0.2) is 0 Å². The minimum Gasteiger partial charge on any atom is -0.466 e. The summed E-state index contributed by atoms with van der Waals surface area (Å²) in [6.45, 7) is 9.67. The van der Waals surface area contributed by atoms with E-state index < -0.39 is 0 Å². The van der Waals surface area contributed by atoms with E-state index in [1.165, 1.54) is 57.8 Å². The summed E-state index contributed by atoms with van der Waals surface area (Å²) in [5, 5.41) is 0. The first-order valence-electron chi connectivity index (χ1n) is 11.0. The monoisotopic (exact) mass is 372 g/mol. The number of rotatable bonds is 20. The Morgan fingerprint density at radius 2 is 1.27 bits per heavy atom. The normalized spacial score (nSPS) is 11.2. The van der Waals surface area contributed by atoms with E-state index in [1.807, 2.05) is 0 Å². The van der Waals surface area contributed by atoms with Crippen molar-refractivity contribution in [2.75, 3.05) is 33.0 Å². The second-order valence-corrected chi connectivity index (χ2v) is 7.59. The van der Waals surface area contributed by atoms with Gasteiger partial charge in [-0.2, -0.15) is 0 Å². The van der Waals surface area contributed by atoms with Crippen LogP contribution in [0.25, 0.3) is 0 Å². The van der Waals surface area contributed by atoms with Crippen LogP contribution in [0, 0.1) is 5.92 Å². The van der Waals surface area contributed by atoms with Gasteiger partial charge in [0.1, 0.15) is 0 Å². The van der Waals surface area contributed by atoms with Crippen LogP contribution in [-0.2, 0) is 19.0 Å². The molecule has 0 saturated carbocycles. The maximum atomic E-state index is 11.6. The lowest BCUT2D eigenvalue weighted by molar-refractivity contribution is -0.144. The number of carbonyl (C=O) groups is 1. The Labute approximate surface area is 162 Å². The van der Waals surface area contributed by atoms with Crippen molar-refractivity contribution in [3.8, 4) is 0 Å². The second kappa shape index (κ2) is 20.7. The average Bonchev–Trinajstić information content (AvgIpc) is 2.61. The lowest BCUT2D eigenvalue weighted by Gasteiger charge is -2.08. The van der Waals surface area contributed by atoms with Gasteiger partial charge in [0, 0.05) is 19.6 Å². The first-order chi connectivity index (χ1) is 12.7. The lowest BCUT2D eigenvalue weighted by Crippen LogP contribution is -2.10. The molecule has 0 aromatic carbocycles. The molecule has 0 unspecified atom stereocenters. The maximum Gasteiger partial charge on any atom is 0.305 e. The molecule has 0 aromatic heterocycles. The van der Waals surface area contributed by atoms with Gasteiger partial charge in [-0.05, 0) is 18.8 Å². The minimum atomic E-state index is -0.0967. The molecule has 0 spiro atoms. The van der Waals surface area contributed by atoms with E-state index in [-0.39, 0.29) is 5.97 Å². The van der Waals surface area contributed by atoms with Crippen molar-refractivity contribution in [1.82, 2.24) is 0 Å². The van der Waals surface area contributed by atoms with E-state index in [0.29, 0.717) is 38.8 Å². The highest BCUT2D eigenvalue weighted by molar-refractivity contribution is 5.69. The van der Waals surface area contributed by atoms with Gasteiger partial charge < -0.3 is 14.2 Å². The standard InChI is InChI=1S/C22H44O4/c1-4-5-6-7-8-9-10-11-12-13-17-26-22(23)15-14-16-24-18-19-25-20-21(2)3/h21H,4-20H2,1-3H3. The molecule has 0 heterocycles. The van der Waals surface area contributed by atoms with E-state index in [0.717, 1.165) is 19.4 Å². The molecule has 0 rings (SSSR count). The summed E-state index contributed by atoms with van der Waals surface area (Å²) in [6, 6.07) is 0. The molecule has 0 aromatic rings. The molecule has 0 saturated heterocycles. The number of hydrogen-bond donors (Lipinski definition) is 0. The van der Waals surface area contributed by atoms with Crippen molar-refractivity contribution in [3.05, 3.63) is 0 Å². The highest BCUT2D eigenvalue weighted by atomic mass is 16.5. The van der Waals surface area contributed by atoms with Crippen LogP contribution in [0.4, 0.5) is 0 Å². The molecule has 0 aliphatic heterocycles. The van der Waals surface area contributed by atoms with Crippen molar-refractivity contribution < 1.29 is 19.0 Å². The van der Waals surface area contributed by atoms with E-state index in [1.54, 1.807) is 0 Å². The smallest absolute Gasteiger partial charge is 0.305 e. The summed E-state index contributed by atoms with van der Waals surface area (Å²) in [5.74, 6) is 0.459. The van der Waals surface area contributed by atoms with Crippen LogP contribution in [0.5, 0.6) is 0 Å². The zero-order valence-electron chi connectivity index (χ0n) is 17.7. The number of esters is 1. The van der Waals surface area contributed by atoms with Gasteiger partial charge in [-0.1, -0.05) is 78.6 Å². The topological polar surface area (TPSA) is 44.8 Å². The Bertz CT molecular complexity index is 292. The first kappa shape index (κ1) is 25.4. The summed E-state index contributed by atoms with van der Waals surface area (Å²) in [6.07, 6.45) is 14.1. The van der Waals surface area contributed by atoms with Gasteiger partial charge in [0.25, 0.3) is 0 Å². The third-order valence-electron chi connectivity index (χ3n) is 4.25. The van der Waals surface area contributed by atoms with E-state index >= 15 is 0 Å². The highest BCUT2D eigenvalue weighted by Gasteiger charge is 2.02. The molecule has 0 atom stereocenters. The van der Waals surface area contributed by atoms with Crippen LogP contribution < -0.4 is 0 Å². The van der Waals surface area contributed by atoms with Crippen LogP contribution in [0.2, 0.25) is 0 Å². The zero-order valence-corrected chi connectivity index (χ0v) is 17.7. The van der Waals surface area contributed by atoms with Crippen molar-refractivity contribution in [3.63, 3.8) is 0 Å². The van der Waals surface area contributed by atoms with Crippen molar-refractivity contribution in [2.24, 2.45) is 5.92 Å². The van der Waals surface area contributed by atoms with Gasteiger partial charge in [-0.25, -0.2) is 0 Å². The van der Waals surface area contributed by atoms with E-state index in [2.05, 4.69) is 20.8 Å². The molecular formula is C22H44O4. The average molecular weight is 373 g/mol. The van der Waals surface area contributed by atoms with Crippen molar-refractivity contribution in [1.29, 1.82) is 0 Å². The van der Waals surface area contributed by atoms with Gasteiger partial charge in [0.15, 0.2) is 0 Å². The number of ether oxygens (including phenoxy) is 3. The predicted molar refractivity (Wildman–Crippen MR) is 109 cm³/mol. The molecule has 0 fully saturated rings. The molecule has 4 heteroatoms. The molecule has 26 heavy (non-hydrogen) atoms. The fraction of sp³-hybridized carbons (Fsp3) is 0.955. The molecule has 4 nitrogen and oxygen atoms in total. The van der Waals surface area contributed by atoms with Crippen molar-refractivity contribution >= 4 is 5.97 Å². The summed E-state index contributed by atoms with van der Waals surface area (Å²) in [4.78, 5) is 11.6. The molecule has 0 amide bonds. The summed E-state index contributed by atoms with van der Waals surface area (Å²) < 4.78 is 16.1. The third-order valence-corrected chi connectivity index (χ3v) is 4.25. The first-order valence-corrected chi connectivity index (χ1v) is 11.0. The van der Waals surface area contributed by atoms with Gasteiger partial charge >= 0.3 is 5.97 Å². The molecule has 0 radical (unpaired) electrons. The quantitative estimate of drug-likeness (QED) is 0.196. The molecule has 0 N–H and O–H groups in total. The lowest BCUT2D eigenvalue weighted by atomic mass is 10.1. The second-order valence-electron chi connectivity index (χ2n) is 7.59. The largest absolute Gasteiger partial charge is 0.466 e. The van der Waals surface area contributed by atoms with Gasteiger partial charge in [-0.3, -0.25) is 4.79 Å². The minimum absolute atomic E-state index is 0.0967. The molecule has 156 valence electrons. The zero-order chi connectivity index (χ0) is 19.3. The Balaban J connectivity index is 3.15. The van der Waals surface area contributed by atoms with Gasteiger partial charge in [0.05, 0.1) is 19.8 Å². The molecule has 0 aliphatic rings. The SMILES string of the molecule is CCCCCCCCCCCCOC(=O)CCCOCCOCC(C)C. The van der Waals surface area contributed by atoms with E-state index in [4.69, 9.17) is 14.2 Å². The van der Waals surface area contributed by atoms with Crippen LogP contribution in [-0.4, -0.2) is 39.0 Å². The third kappa shape index (κ3) is 21.4. The maximum absolute atomic E-state index is 11.6. The summed E-state index contributed by atoms with van der Waals surface area (Å²) in [7, 11) is 0. The van der Waals surface area contributed by atoms with Crippen LogP contribution in [0.1, 0.15) is 97.8 Å². The van der Waals surface area contributed by atoms with Crippen LogP contribution in [0.3, 0.4) is 0 Å². The highest BCUT2D eigenvalue weighted by Crippen LogP contribution is 2.10. The fourth-order valence-corrected chi connectivity index (χ4v) is 2.71. The number of carbonyl (C=O) groups excluding carboxylic acids is 1. The molecule has 0 aliphatic carbocycles. The van der Waals surface area contributed by atoms with Crippen LogP contribution >= 0.6 is 0 Å². The fourth-order valence-electron chi connectivity index (χ4n) is 2.71. The Hall–Kier alpha value is -0.610. The predicted octanol–water partition coefficient (Wildman–Crippen LogP) is 5.92. The van der Waals surface area contributed by atoms with Crippen molar-refractivity contribution in [2.45, 2.75) is 97.8 Å². The molecular weight excluding hydrogens is 328 g/mol. The number of hydrogen-bond acceptors (Lipinski definition) is 4. The summed E-state index contributed by atoms with van der Waals surface area (Å²) in [5.41, 5.74) is 0. The number of unbranched alkanes of at least 4 members (excludes halogenated alkanes) is 9. The van der Waals surface area contributed by atoms with Gasteiger partial charge in [0.2, 0.25) is 0 Å². The Morgan fingerprint density at radius 3 is 1.88 bits per heavy atom. The summed E-state index contributed by atoms with van der Waals surface area (Å²) >= 11 is 0. The van der Waals surface area contributed by atoms with E-state index in [9.17, 15) is 4.79 Å². The Morgan fingerprint density at radius 1 is 0.692 bits per heavy atom. The molecule has 0 bridgehead atoms.